The van der Waals surface area contributed by atoms with E-state index in [-0.39, 0.29) is 11.7 Å². The summed E-state index contributed by atoms with van der Waals surface area (Å²) in [5, 5.41) is 14.7. The molecule has 0 bridgehead atoms. The number of nitrogens with zero attached hydrogens (tertiary/aromatic N) is 1. The van der Waals surface area contributed by atoms with Gasteiger partial charge in [0.05, 0.1) is 28.2 Å². The van der Waals surface area contributed by atoms with Gasteiger partial charge in [0.1, 0.15) is 0 Å². The third-order valence-electron chi connectivity index (χ3n) is 5.38. The number of benzene rings is 1. The molecule has 2 atom stereocenters. The number of fused-ring (bicyclic) bond motifs is 1. The van der Waals surface area contributed by atoms with Crippen LogP contribution in [0.25, 0.3) is 0 Å². The number of oxime groups is 1. The first-order chi connectivity index (χ1) is 12.6. The summed E-state index contributed by atoms with van der Waals surface area (Å²) in [4.78, 5) is 1.23. The molecular weight excluding hydrogens is 366 g/mol. The van der Waals surface area contributed by atoms with Gasteiger partial charge in [-0.25, -0.2) is 0 Å². The van der Waals surface area contributed by atoms with Gasteiger partial charge in [-0.2, -0.15) is 0 Å². The fourth-order valence-corrected chi connectivity index (χ4v) is 6.06. The van der Waals surface area contributed by atoms with E-state index >= 15 is 0 Å². The first-order valence-electron chi connectivity index (χ1n) is 8.91. The monoisotopic (exact) mass is 389 g/mol. The van der Waals surface area contributed by atoms with Crippen LogP contribution < -0.4 is 0 Å². The second kappa shape index (κ2) is 7.35. The predicted molar refractivity (Wildman–Crippen MR) is 105 cm³/mol. The zero-order chi connectivity index (χ0) is 18.1. The number of rotatable bonds is 4. The van der Waals surface area contributed by atoms with Gasteiger partial charge < -0.3 is 14.7 Å². The van der Waals surface area contributed by atoms with Crippen molar-refractivity contribution in [3.63, 3.8) is 0 Å². The predicted octanol–water partition coefficient (Wildman–Crippen LogP) is 5.06. The smallest absolute Gasteiger partial charge is 0.0982 e. The highest BCUT2D eigenvalue weighted by Crippen LogP contribution is 2.43. The number of ether oxygens (including phenoxy) is 2. The Hall–Kier alpha value is -1.34. The average molecular weight is 390 g/mol. The van der Waals surface area contributed by atoms with Crippen LogP contribution in [0.3, 0.4) is 0 Å². The van der Waals surface area contributed by atoms with E-state index < -0.39 is 0 Å². The maximum absolute atomic E-state index is 9.07. The van der Waals surface area contributed by atoms with Gasteiger partial charge in [0, 0.05) is 30.4 Å². The molecule has 1 N–H and O–H groups in total. The van der Waals surface area contributed by atoms with Crippen LogP contribution in [0.5, 0.6) is 0 Å². The van der Waals surface area contributed by atoms with Gasteiger partial charge in [-0.05, 0) is 54.5 Å². The van der Waals surface area contributed by atoms with Crippen molar-refractivity contribution in [2.24, 2.45) is 5.16 Å². The quantitative estimate of drug-likeness (QED) is 0.586. The third kappa shape index (κ3) is 3.31. The minimum absolute atomic E-state index is 0.221. The zero-order valence-electron chi connectivity index (χ0n) is 15.0. The molecule has 4 nitrogen and oxygen atoms in total. The van der Waals surface area contributed by atoms with Crippen molar-refractivity contribution in [2.75, 3.05) is 13.7 Å². The summed E-state index contributed by atoms with van der Waals surface area (Å²) >= 11 is 3.56. The van der Waals surface area contributed by atoms with Crippen LogP contribution in [0.15, 0.2) is 43.9 Å². The largest absolute Gasteiger partial charge is 0.411 e. The van der Waals surface area contributed by atoms with Crippen molar-refractivity contribution in [1.82, 2.24) is 0 Å². The Bertz CT molecular complexity index is 832. The Labute approximate surface area is 162 Å². The van der Waals surface area contributed by atoms with Crippen LogP contribution >= 0.6 is 23.1 Å². The van der Waals surface area contributed by atoms with Gasteiger partial charge in [0.25, 0.3) is 0 Å². The first-order valence-corrected chi connectivity index (χ1v) is 10.6. The molecule has 2 heterocycles. The fourth-order valence-electron chi connectivity index (χ4n) is 3.95. The molecule has 0 amide bonds. The summed E-state index contributed by atoms with van der Waals surface area (Å²) in [5.41, 5.74) is 4.19. The van der Waals surface area contributed by atoms with Gasteiger partial charge >= 0.3 is 0 Å². The summed E-state index contributed by atoms with van der Waals surface area (Å²) < 4.78 is 12.9. The van der Waals surface area contributed by atoms with Gasteiger partial charge in [0.15, 0.2) is 0 Å². The zero-order valence-corrected chi connectivity index (χ0v) is 16.7. The van der Waals surface area contributed by atoms with Crippen molar-refractivity contribution in [3.05, 3.63) is 46.3 Å². The number of aryl methyl sites for hydroxylation is 1. The molecule has 1 aliphatic carbocycles. The molecule has 1 aromatic carbocycles. The number of methoxy groups -OCH3 is 1. The van der Waals surface area contributed by atoms with Crippen LogP contribution in [-0.4, -0.2) is 30.7 Å². The highest BCUT2D eigenvalue weighted by Gasteiger charge is 2.38. The number of hydrogen-bond acceptors (Lipinski definition) is 6. The molecule has 1 fully saturated rings. The van der Waals surface area contributed by atoms with E-state index in [1.165, 1.54) is 20.2 Å². The molecule has 6 heteroatoms. The second-order valence-electron chi connectivity index (χ2n) is 6.96. The first kappa shape index (κ1) is 18.0. The molecule has 26 heavy (non-hydrogen) atoms. The van der Waals surface area contributed by atoms with Crippen molar-refractivity contribution < 1.29 is 14.7 Å². The van der Waals surface area contributed by atoms with E-state index in [4.69, 9.17) is 14.7 Å². The van der Waals surface area contributed by atoms with Crippen LogP contribution in [0.1, 0.15) is 42.9 Å². The lowest BCUT2D eigenvalue weighted by molar-refractivity contribution is -0.122. The van der Waals surface area contributed by atoms with Crippen LogP contribution in [0, 0.1) is 0 Å². The molecule has 2 aliphatic rings. The maximum atomic E-state index is 9.07. The Morgan fingerprint density at radius 3 is 3.00 bits per heavy atom. The Kier molecular flexibility index (Phi) is 5.10. The Balaban J connectivity index is 1.54. The van der Waals surface area contributed by atoms with Crippen LogP contribution in [0.2, 0.25) is 0 Å². The molecule has 1 aromatic heterocycles. The molecular formula is C20H23NO3S2. The minimum Gasteiger partial charge on any atom is -0.411 e. The van der Waals surface area contributed by atoms with Crippen molar-refractivity contribution in [2.45, 2.75) is 53.4 Å². The molecule has 0 saturated carbocycles. The lowest BCUT2D eigenvalue weighted by atomic mass is 9.85. The maximum Gasteiger partial charge on any atom is 0.0982 e. The normalized spacial score (nSPS) is 27.0. The van der Waals surface area contributed by atoms with E-state index in [9.17, 15) is 0 Å². The summed E-state index contributed by atoms with van der Waals surface area (Å²) in [6.07, 6.45) is 3.78. The topological polar surface area (TPSA) is 51.0 Å². The van der Waals surface area contributed by atoms with Gasteiger partial charge in [-0.3, -0.25) is 0 Å². The second-order valence-corrected chi connectivity index (χ2v) is 9.24. The number of thiophene rings is 1. The molecule has 0 spiro atoms. The highest BCUT2D eigenvalue weighted by molar-refractivity contribution is 8.01. The average Bonchev–Trinajstić information content (AvgIpc) is 3.28. The van der Waals surface area contributed by atoms with Gasteiger partial charge in [-0.15, -0.1) is 11.3 Å². The van der Waals surface area contributed by atoms with Crippen LogP contribution in [0.4, 0.5) is 0 Å². The highest BCUT2D eigenvalue weighted by atomic mass is 32.2. The summed E-state index contributed by atoms with van der Waals surface area (Å²) in [5.74, 6) is 0. The summed E-state index contributed by atoms with van der Waals surface area (Å²) in [7, 11) is 1.81. The van der Waals surface area contributed by atoms with Gasteiger partial charge in [-0.1, -0.05) is 23.0 Å². The molecule has 0 radical (unpaired) electrons. The molecule has 2 aromatic rings. The standard InChI is InChI=1S/C20H23NO3S2/c1-13-11-20(23-2,7-8-24-13)15-10-19(25-12-15)26-16-4-5-17-14(9-16)3-6-18(17)21-22/h4-5,9-10,12-13,22H,3,6-8,11H2,1-2H3/b21-18-/t13-,20-/m0/s1. The SMILES string of the molecule is CO[C@@]1(c2csc(Sc3ccc4c(c3)CC/C4=N/O)c2)CCO[C@@H](C)C1. The fraction of sp³-hybridized carbons (Fsp3) is 0.450. The molecule has 4 rings (SSSR count). The molecule has 0 unspecified atom stereocenters. The summed E-state index contributed by atoms with van der Waals surface area (Å²) in [6, 6.07) is 8.68. The van der Waals surface area contributed by atoms with Crippen molar-refractivity contribution in [1.29, 1.82) is 0 Å². The summed E-state index contributed by atoms with van der Waals surface area (Å²) in [6.45, 7) is 2.86. The van der Waals surface area contributed by atoms with E-state index in [2.05, 4.69) is 41.7 Å². The van der Waals surface area contributed by atoms with E-state index in [0.717, 1.165) is 43.6 Å². The molecule has 138 valence electrons. The molecule has 1 aliphatic heterocycles. The van der Waals surface area contributed by atoms with Crippen molar-refractivity contribution >= 4 is 28.8 Å². The third-order valence-corrected chi connectivity index (χ3v) is 7.44. The van der Waals surface area contributed by atoms with Gasteiger partial charge in [0.2, 0.25) is 0 Å². The number of hydrogen-bond donors (Lipinski definition) is 1. The van der Waals surface area contributed by atoms with E-state index in [1.807, 2.05) is 7.11 Å². The van der Waals surface area contributed by atoms with Crippen molar-refractivity contribution in [3.8, 4) is 0 Å². The van der Waals surface area contributed by atoms with E-state index in [1.54, 1.807) is 23.1 Å². The van der Waals surface area contributed by atoms with Crippen LogP contribution in [-0.2, 0) is 21.5 Å². The molecule has 1 saturated heterocycles. The Morgan fingerprint density at radius 2 is 2.23 bits per heavy atom. The minimum atomic E-state index is -0.225. The lowest BCUT2D eigenvalue weighted by Gasteiger charge is -2.38. The lowest BCUT2D eigenvalue weighted by Crippen LogP contribution is -2.38. The Morgan fingerprint density at radius 1 is 1.35 bits per heavy atom. The van der Waals surface area contributed by atoms with E-state index in [0.29, 0.717) is 0 Å².